The molecule has 0 spiro atoms. The fourth-order valence-electron chi connectivity index (χ4n) is 2.04. The Balaban J connectivity index is 2.44. The first-order valence-electron chi connectivity index (χ1n) is 5.88. The van der Waals surface area contributed by atoms with E-state index in [2.05, 4.69) is 10.3 Å². The van der Waals surface area contributed by atoms with Crippen LogP contribution in [0.2, 0.25) is 0 Å². The Morgan fingerprint density at radius 2 is 2.32 bits per heavy atom. The molecule has 6 nitrogen and oxygen atoms in total. The molecule has 1 N–H and O–H groups in total. The summed E-state index contributed by atoms with van der Waals surface area (Å²) in [6.07, 6.45) is 1.53. The van der Waals surface area contributed by atoms with Gasteiger partial charge in [0.25, 0.3) is 10.0 Å². The number of sulfonamides is 1. The molecule has 104 valence electrons. The number of hydrogen-bond acceptors (Lipinski definition) is 4. The fraction of sp³-hybridized carbons (Fsp3) is 0.455. The molecule has 0 radical (unpaired) electrons. The van der Waals surface area contributed by atoms with E-state index in [4.69, 9.17) is 0 Å². The third kappa shape index (κ3) is 2.45. The van der Waals surface area contributed by atoms with Gasteiger partial charge in [-0.15, -0.1) is 0 Å². The number of rotatable bonds is 3. The number of nitrogens with one attached hydrogen (secondary N) is 1. The number of piperazine rings is 1. The van der Waals surface area contributed by atoms with Crippen molar-refractivity contribution in [3.8, 4) is 0 Å². The first kappa shape index (κ1) is 13.9. The largest absolute Gasteiger partial charge is 0.353 e. The maximum atomic E-state index is 13.6. The van der Waals surface area contributed by atoms with Crippen LogP contribution in [0.1, 0.15) is 13.3 Å². The smallest absolute Gasteiger partial charge is 0.264 e. The molecule has 1 aliphatic heterocycles. The molecule has 2 heterocycles. The quantitative estimate of drug-likeness (QED) is 0.856. The van der Waals surface area contributed by atoms with Gasteiger partial charge in [-0.05, 0) is 18.6 Å². The second-order valence-electron chi connectivity index (χ2n) is 4.12. The molecule has 1 fully saturated rings. The predicted octanol–water partition coefficient (Wildman–Crippen LogP) is 0.120. The van der Waals surface area contributed by atoms with Gasteiger partial charge in [0.1, 0.15) is 6.04 Å². The highest BCUT2D eigenvalue weighted by Crippen LogP contribution is 2.21. The van der Waals surface area contributed by atoms with Gasteiger partial charge in [-0.25, -0.2) is 17.8 Å². The molecule has 1 aromatic heterocycles. The SMILES string of the molecule is CCC1C(=O)NCCN1S(=O)(=O)c1ncccc1F. The minimum Gasteiger partial charge on any atom is -0.353 e. The highest BCUT2D eigenvalue weighted by molar-refractivity contribution is 7.89. The molecule has 8 heteroatoms. The summed E-state index contributed by atoms with van der Waals surface area (Å²) in [5.74, 6) is -1.28. The van der Waals surface area contributed by atoms with Crippen LogP contribution in [-0.4, -0.2) is 42.7 Å². The maximum absolute atomic E-state index is 13.6. The second-order valence-corrected chi connectivity index (χ2v) is 5.93. The summed E-state index contributed by atoms with van der Waals surface area (Å²) in [5.41, 5.74) is 0. The molecular formula is C11H14FN3O3S. The third-order valence-corrected chi connectivity index (χ3v) is 4.79. The van der Waals surface area contributed by atoms with E-state index >= 15 is 0 Å². The Labute approximate surface area is 110 Å². The Morgan fingerprint density at radius 1 is 1.58 bits per heavy atom. The van der Waals surface area contributed by atoms with E-state index in [0.29, 0.717) is 6.42 Å². The summed E-state index contributed by atoms with van der Waals surface area (Å²) in [5, 5.41) is 1.96. The summed E-state index contributed by atoms with van der Waals surface area (Å²) in [6.45, 7) is 2.03. The van der Waals surface area contributed by atoms with Crippen molar-refractivity contribution in [2.45, 2.75) is 24.4 Å². The lowest BCUT2D eigenvalue weighted by Gasteiger charge is -2.33. The number of hydrogen-bond donors (Lipinski definition) is 1. The molecule has 19 heavy (non-hydrogen) atoms. The van der Waals surface area contributed by atoms with Gasteiger partial charge in [0, 0.05) is 19.3 Å². The number of pyridine rings is 1. The molecule has 1 aliphatic rings. The van der Waals surface area contributed by atoms with Crippen LogP contribution in [0.15, 0.2) is 23.4 Å². The van der Waals surface area contributed by atoms with Crippen molar-refractivity contribution in [1.82, 2.24) is 14.6 Å². The lowest BCUT2D eigenvalue weighted by molar-refractivity contribution is -0.126. The summed E-state index contributed by atoms with van der Waals surface area (Å²) in [6, 6.07) is 1.53. The van der Waals surface area contributed by atoms with E-state index in [9.17, 15) is 17.6 Å². The minimum absolute atomic E-state index is 0.114. The zero-order valence-corrected chi connectivity index (χ0v) is 11.2. The highest BCUT2D eigenvalue weighted by Gasteiger charge is 2.39. The van der Waals surface area contributed by atoms with Crippen LogP contribution in [0.4, 0.5) is 4.39 Å². The lowest BCUT2D eigenvalue weighted by Crippen LogP contribution is -2.56. The van der Waals surface area contributed by atoms with Gasteiger partial charge in [-0.3, -0.25) is 4.79 Å². The van der Waals surface area contributed by atoms with Crippen molar-refractivity contribution in [2.24, 2.45) is 0 Å². The summed E-state index contributed by atoms with van der Waals surface area (Å²) in [7, 11) is -4.10. The maximum Gasteiger partial charge on any atom is 0.264 e. The van der Waals surface area contributed by atoms with Crippen LogP contribution in [-0.2, 0) is 14.8 Å². The van der Waals surface area contributed by atoms with Crippen LogP contribution in [0.5, 0.6) is 0 Å². The molecule has 0 aliphatic carbocycles. The predicted molar refractivity (Wildman–Crippen MR) is 65.2 cm³/mol. The zero-order chi connectivity index (χ0) is 14.0. The van der Waals surface area contributed by atoms with E-state index in [1.165, 1.54) is 12.3 Å². The van der Waals surface area contributed by atoms with Gasteiger partial charge in [-0.2, -0.15) is 4.31 Å². The first-order chi connectivity index (χ1) is 8.98. The Morgan fingerprint density at radius 3 is 2.95 bits per heavy atom. The van der Waals surface area contributed by atoms with Crippen molar-refractivity contribution in [3.05, 3.63) is 24.1 Å². The average molecular weight is 287 g/mol. The summed E-state index contributed by atoms with van der Waals surface area (Å²) in [4.78, 5) is 15.2. The van der Waals surface area contributed by atoms with Gasteiger partial charge in [0.2, 0.25) is 10.9 Å². The lowest BCUT2D eigenvalue weighted by atomic mass is 10.2. The zero-order valence-electron chi connectivity index (χ0n) is 10.3. The van der Waals surface area contributed by atoms with Crippen molar-refractivity contribution >= 4 is 15.9 Å². The van der Waals surface area contributed by atoms with Gasteiger partial charge in [0.05, 0.1) is 0 Å². The number of aromatic nitrogens is 1. The standard InChI is InChI=1S/C11H14FN3O3S/c1-2-9-10(16)13-6-7-15(9)19(17,18)11-8(12)4-3-5-14-11/h3-5,9H,2,6-7H2,1H3,(H,13,16). The van der Waals surface area contributed by atoms with Gasteiger partial charge in [0.15, 0.2) is 5.82 Å². The molecule has 0 bridgehead atoms. The number of nitrogens with zero attached hydrogens (tertiary/aromatic N) is 2. The Hall–Kier alpha value is -1.54. The number of halogens is 1. The molecule has 0 aromatic carbocycles. The van der Waals surface area contributed by atoms with Crippen molar-refractivity contribution in [3.63, 3.8) is 0 Å². The number of carbonyl (C=O) groups excluding carboxylic acids is 1. The van der Waals surface area contributed by atoms with Crippen molar-refractivity contribution < 1.29 is 17.6 Å². The highest BCUT2D eigenvalue weighted by atomic mass is 32.2. The molecule has 1 unspecified atom stereocenters. The monoisotopic (exact) mass is 287 g/mol. The molecule has 2 rings (SSSR count). The summed E-state index contributed by atoms with van der Waals surface area (Å²) < 4.78 is 39.3. The van der Waals surface area contributed by atoms with Gasteiger partial charge in [-0.1, -0.05) is 6.92 Å². The van der Waals surface area contributed by atoms with E-state index in [-0.39, 0.29) is 19.0 Å². The van der Waals surface area contributed by atoms with Crippen LogP contribution in [0.3, 0.4) is 0 Å². The first-order valence-corrected chi connectivity index (χ1v) is 7.32. The van der Waals surface area contributed by atoms with Crippen LogP contribution >= 0.6 is 0 Å². The summed E-state index contributed by atoms with van der Waals surface area (Å²) >= 11 is 0. The molecule has 1 atom stereocenters. The van der Waals surface area contributed by atoms with Crippen molar-refractivity contribution in [1.29, 1.82) is 0 Å². The van der Waals surface area contributed by atoms with E-state index < -0.39 is 26.9 Å². The molecule has 1 aromatic rings. The topological polar surface area (TPSA) is 79.4 Å². The van der Waals surface area contributed by atoms with E-state index in [1.807, 2.05) is 0 Å². The fourth-order valence-corrected chi connectivity index (χ4v) is 3.68. The minimum atomic E-state index is -4.10. The van der Waals surface area contributed by atoms with Crippen LogP contribution in [0.25, 0.3) is 0 Å². The number of carbonyl (C=O) groups is 1. The van der Waals surface area contributed by atoms with Crippen LogP contribution in [0, 0.1) is 5.82 Å². The Bertz CT molecular complexity index is 591. The van der Waals surface area contributed by atoms with E-state index in [1.54, 1.807) is 6.92 Å². The molecule has 0 saturated carbocycles. The third-order valence-electron chi connectivity index (χ3n) is 2.95. The molecule has 1 saturated heterocycles. The van der Waals surface area contributed by atoms with E-state index in [0.717, 1.165) is 10.4 Å². The van der Waals surface area contributed by atoms with Gasteiger partial charge < -0.3 is 5.32 Å². The van der Waals surface area contributed by atoms with Crippen LogP contribution < -0.4 is 5.32 Å². The second kappa shape index (κ2) is 5.22. The normalized spacial score (nSPS) is 21.2. The average Bonchev–Trinajstić information content (AvgIpc) is 2.38. The molecular weight excluding hydrogens is 273 g/mol. The number of amides is 1. The molecule has 1 amide bonds. The van der Waals surface area contributed by atoms with Crippen molar-refractivity contribution in [2.75, 3.05) is 13.1 Å². The van der Waals surface area contributed by atoms with Gasteiger partial charge >= 0.3 is 0 Å². The Kier molecular flexibility index (Phi) is 3.81.